The van der Waals surface area contributed by atoms with Crippen molar-refractivity contribution in [1.29, 1.82) is 0 Å². The molecule has 0 atom stereocenters. The van der Waals surface area contributed by atoms with Gasteiger partial charge in [-0.1, -0.05) is 27.0 Å². The molecule has 3 aromatic heterocycles. The van der Waals surface area contributed by atoms with Crippen molar-refractivity contribution in [3.8, 4) is 0 Å². The Labute approximate surface area is 200 Å². The Bertz CT molecular complexity index is 1320. The van der Waals surface area contributed by atoms with Crippen LogP contribution in [0.2, 0.25) is 0 Å². The number of halogens is 4. The molecule has 3 heterocycles. The van der Waals surface area contributed by atoms with Crippen LogP contribution in [0.4, 0.5) is 23.4 Å². The van der Waals surface area contributed by atoms with Crippen LogP contribution in [0.15, 0.2) is 48.8 Å². The maximum atomic E-state index is 14.2. The van der Waals surface area contributed by atoms with E-state index in [0.29, 0.717) is 24.2 Å². The van der Waals surface area contributed by atoms with E-state index in [4.69, 9.17) is 0 Å². The van der Waals surface area contributed by atoms with Gasteiger partial charge in [0, 0.05) is 35.4 Å². The molecule has 0 aliphatic heterocycles. The number of pyridine rings is 1. The average Bonchev–Trinajstić information content (AvgIpc) is 3.41. The van der Waals surface area contributed by atoms with Crippen LogP contribution in [-0.4, -0.2) is 32.4 Å². The zero-order valence-corrected chi connectivity index (χ0v) is 17.4. The zero-order chi connectivity index (χ0) is 23.2. The molecule has 1 fully saturated rings. The molecule has 0 saturated heterocycles. The van der Waals surface area contributed by atoms with Gasteiger partial charge < -0.3 is 15.6 Å². The van der Waals surface area contributed by atoms with Gasteiger partial charge in [0.2, 0.25) is 0 Å². The van der Waals surface area contributed by atoms with E-state index in [-0.39, 0.29) is 49.4 Å². The van der Waals surface area contributed by atoms with Gasteiger partial charge in [-0.25, -0.2) is 9.37 Å². The molecule has 0 spiro atoms. The lowest BCUT2D eigenvalue weighted by Gasteiger charge is -2.30. The number of nitrogens with one attached hydrogen (secondary N) is 3. The lowest BCUT2D eigenvalue weighted by Crippen LogP contribution is -2.40. The molecule has 1 aromatic carbocycles. The Kier molecular flexibility index (Phi) is 7.42. The van der Waals surface area contributed by atoms with Gasteiger partial charge >= 0.3 is 6.18 Å². The summed E-state index contributed by atoms with van der Waals surface area (Å²) in [5, 5.41) is 6.57. The third-order valence-corrected chi connectivity index (χ3v) is 6.10. The van der Waals surface area contributed by atoms with Crippen LogP contribution in [0.5, 0.6) is 0 Å². The predicted molar refractivity (Wildman–Crippen MR) is 129 cm³/mol. The summed E-state index contributed by atoms with van der Waals surface area (Å²) in [7, 11) is 0. The predicted octanol–water partition coefficient (Wildman–Crippen LogP) is 6.40. The summed E-state index contributed by atoms with van der Waals surface area (Å²) in [6.45, 7) is 0. The van der Waals surface area contributed by atoms with Gasteiger partial charge in [0.05, 0.1) is 5.56 Å². The molecule has 1 aliphatic carbocycles. The highest BCUT2D eigenvalue weighted by Crippen LogP contribution is 2.30. The molecule has 188 valence electrons. The fourth-order valence-corrected chi connectivity index (χ4v) is 4.44. The van der Waals surface area contributed by atoms with Crippen LogP contribution >= 0.6 is 0 Å². The number of imidazole rings is 1. The number of amides is 1. The number of aromatic amines is 1. The number of hydrogen-bond acceptors (Lipinski definition) is 3. The molecular weight excluding hydrogens is 462 g/mol. The van der Waals surface area contributed by atoms with E-state index in [1.54, 1.807) is 24.3 Å². The van der Waals surface area contributed by atoms with Crippen LogP contribution in [0.1, 0.15) is 56.6 Å². The number of carbonyl (C=O) groups excluding carboxylic acids is 1. The van der Waals surface area contributed by atoms with Crippen LogP contribution in [0.25, 0.3) is 16.6 Å². The molecule has 4 aromatic rings. The fraction of sp³-hybridized carbons (Fsp3) is 0.360. The minimum Gasteiger partial charge on any atom is -0.368 e. The highest BCUT2D eigenvalue weighted by molar-refractivity contribution is 6.07. The van der Waals surface area contributed by atoms with Crippen LogP contribution < -0.4 is 10.6 Å². The first-order valence-electron chi connectivity index (χ1n) is 10.7. The van der Waals surface area contributed by atoms with Gasteiger partial charge in [0.25, 0.3) is 5.91 Å². The normalized spacial score (nSPS) is 18.1. The molecule has 10 heteroatoms. The smallest absolute Gasteiger partial charge is 0.368 e. The van der Waals surface area contributed by atoms with E-state index in [1.165, 1.54) is 22.7 Å². The number of hydrogen-bond donors (Lipinski definition) is 3. The number of carbonyl (C=O) groups is 1. The van der Waals surface area contributed by atoms with Gasteiger partial charge in [-0.2, -0.15) is 13.2 Å². The fourth-order valence-electron chi connectivity index (χ4n) is 4.44. The molecule has 3 N–H and O–H groups in total. The van der Waals surface area contributed by atoms with Gasteiger partial charge in [-0.3, -0.25) is 9.20 Å². The molecule has 0 radical (unpaired) electrons. The maximum absolute atomic E-state index is 14.2. The lowest BCUT2D eigenvalue weighted by atomic mass is 9.91. The molecule has 0 bridgehead atoms. The second-order valence-corrected chi connectivity index (χ2v) is 8.29. The summed E-state index contributed by atoms with van der Waals surface area (Å²) in [4.78, 5) is 19.3. The Hall–Kier alpha value is -3.56. The van der Waals surface area contributed by atoms with E-state index >= 15 is 0 Å². The summed E-state index contributed by atoms with van der Waals surface area (Å²) in [5.74, 6) is -0.239. The van der Waals surface area contributed by atoms with E-state index in [1.807, 2.05) is 0 Å². The Morgan fingerprint density at radius 3 is 2.43 bits per heavy atom. The van der Waals surface area contributed by atoms with Crippen molar-refractivity contribution in [1.82, 2.24) is 19.7 Å². The standard InChI is InChI=1S/C23H21F4N5O.2CH4/c24-16-3-1-4-17-21(16)15(11-28-17)22(33)30-14-9-7-13(8-10-14)29-19-5-2-6-20-31-18(12-32(19)20)23(25,26)27;;/h1-6,11-14,28-29H,7-10H2,(H,30,33);2*1H4. The Balaban J connectivity index is 0.00000171. The second-order valence-electron chi connectivity index (χ2n) is 8.29. The first kappa shape index (κ1) is 26.1. The molecule has 1 amide bonds. The monoisotopic (exact) mass is 491 g/mol. The molecular formula is C25H29F4N5O. The molecule has 6 nitrogen and oxygen atoms in total. The van der Waals surface area contributed by atoms with Crippen molar-refractivity contribution >= 4 is 28.3 Å². The molecule has 35 heavy (non-hydrogen) atoms. The summed E-state index contributed by atoms with van der Waals surface area (Å²) in [6, 6.07) is 9.51. The minimum atomic E-state index is -4.51. The van der Waals surface area contributed by atoms with Crippen molar-refractivity contribution in [2.45, 2.75) is 58.8 Å². The molecule has 1 saturated carbocycles. The second kappa shape index (κ2) is 9.97. The highest BCUT2D eigenvalue weighted by Gasteiger charge is 2.34. The lowest BCUT2D eigenvalue weighted by molar-refractivity contribution is -0.140. The summed E-state index contributed by atoms with van der Waals surface area (Å²) in [5.41, 5.74) is 0.127. The Morgan fingerprint density at radius 1 is 1.03 bits per heavy atom. The number of fused-ring (bicyclic) bond motifs is 2. The van der Waals surface area contributed by atoms with Crippen molar-refractivity contribution < 1.29 is 22.4 Å². The number of nitrogens with zero attached hydrogens (tertiary/aromatic N) is 2. The van der Waals surface area contributed by atoms with E-state index in [0.717, 1.165) is 19.0 Å². The third-order valence-electron chi connectivity index (χ3n) is 6.10. The number of rotatable bonds is 4. The quantitative estimate of drug-likeness (QED) is 0.289. The summed E-state index contributed by atoms with van der Waals surface area (Å²) in [6.07, 6.45) is 0.840. The van der Waals surface area contributed by atoms with E-state index in [9.17, 15) is 22.4 Å². The van der Waals surface area contributed by atoms with Gasteiger partial charge in [-0.15, -0.1) is 0 Å². The Morgan fingerprint density at radius 2 is 1.71 bits per heavy atom. The highest BCUT2D eigenvalue weighted by atomic mass is 19.4. The zero-order valence-electron chi connectivity index (χ0n) is 17.4. The number of H-pyrrole nitrogens is 1. The van der Waals surface area contributed by atoms with Gasteiger partial charge in [0.1, 0.15) is 17.3 Å². The van der Waals surface area contributed by atoms with Crippen LogP contribution in [0, 0.1) is 5.82 Å². The van der Waals surface area contributed by atoms with Crippen molar-refractivity contribution in [3.63, 3.8) is 0 Å². The largest absolute Gasteiger partial charge is 0.434 e. The van der Waals surface area contributed by atoms with Gasteiger partial charge in [-0.05, 0) is 49.9 Å². The molecule has 1 aliphatic rings. The third kappa shape index (κ3) is 5.11. The first-order chi connectivity index (χ1) is 15.8. The molecule has 5 rings (SSSR count). The topological polar surface area (TPSA) is 74.2 Å². The van der Waals surface area contributed by atoms with Crippen molar-refractivity contribution in [2.75, 3.05) is 5.32 Å². The number of anilines is 1. The van der Waals surface area contributed by atoms with Crippen LogP contribution in [0.3, 0.4) is 0 Å². The molecule has 0 unspecified atom stereocenters. The van der Waals surface area contributed by atoms with E-state index < -0.39 is 17.7 Å². The number of benzene rings is 1. The van der Waals surface area contributed by atoms with Crippen molar-refractivity contribution in [3.05, 3.63) is 65.9 Å². The van der Waals surface area contributed by atoms with Gasteiger partial charge in [0.15, 0.2) is 5.69 Å². The number of aromatic nitrogens is 3. The first-order valence-corrected chi connectivity index (χ1v) is 10.7. The van der Waals surface area contributed by atoms with Crippen molar-refractivity contribution in [2.24, 2.45) is 0 Å². The average molecular weight is 492 g/mol. The number of alkyl halides is 3. The summed E-state index contributed by atoms with van der Waals surface area (Å²) < 4.78 is 54.6. The minimum absolute atomic E-state index is 0. The maximum Gasteiger partial charge on any atom is 0.434 e. The van der Waals surface area contributed by atoms with E-state index in [2.05, 4.69) is 20.6 Å². The van der Waals surface area contributed by atoms with Crippen LogP contribution in [-0.2, 0) is 6.18 Å². The SMILES string of the molecule is C.C.O=C(NC1CCC(Nc2cccc3nc(C(F)(F)F)cn23)CC1)c1c[nH]c2cccc(F)c12. The summed E-state index contributed by atoms with van der Waals surface area (Å²) >= 11 is 0.